The average molecular weight is 488 g/mol. The molecule has 0 aromatic heterocycles. The summed E-state index contributed by atoms with van der Waals surface area (Å²) in [5, 5.41) is 0. The molecule has 1 nitrogen and oxygen atoms in total. The van der Waals surface area contributed by atoms with Crippen LogP contribution in [0.5, 0.6) is 0 Å². The Labute approximate surface area is 175 Å². The van der Waals surface area contributed by atoms with E-state index in [1.54, 1.807) is 0 Å². The molecule has 0 radical (unpaired) electrons. The van der Waals surface area contributed by atoms with E-state index in [1.807, 2.05) is 11.8 Å². The number of hydrogen-bond donors (Lipinski definition) is 0. The molecule has 0 saturated carbocycles. The van der Waals surface area contributed by atoms with E-state index >= 15 is 0 Å². The van der Waals surface area contributed by atoms with Crippen molar-refractivity contribution in [2.45, 2.75) is 82.4 Å². The van der Waals surface area contributed by atoms with E-state index in [0.29, 0.717) is 0 Å². The van der Waals surface area contributed by atoms with E-state index in [4.69, 9.17) is 0 Å². The van der Waals surface area contributed by atoms with Crippen LogP contribution in [0.4, 0.5) is 11.4 Å². The molecule has 0 aliphatic carbocycles. The van der Waals surface area contributed by atoms with E-state index in [9.17, 15) is 0 Å². The Balaban J connectivity index is 2.14. The Hall–Kier alpha value is -0.611. The Morgan fingerprint density at radius 2 is 1.07 bits per heavy atom. The fraction of sp³-hybridized carbons (Fsp3) is 0.500. The van der Waals surface area contributed by atoms with Gasteiger partial charge in [0.15, 0.2) is 0 Å². The van der Waals surface area contributed by atoms with Gasteiger partial charge in [-0.15, -0.1) is 0 Å². The van der Waals surface area contributed by atoms with Gasteiger partial charge in [-0.1, -0.05) is 0 Å². The second-order valence-electron chi connectivity index (χ2n) is 7.91. The monoisotopic (exact) mass is 489 g/mol. The molecule has 2 aromatic carbocycles. The Morgan fingerprint density at radius 3 is 1.48 bits per heavy atom. The molecule has 0 bridgehead atoms. The summed E-state index contributed by atoms with van der Waals surface area (Å²) >= 11 is -0.632. The summed E-state index contributed by atoms with van der Waals surface area (Å²) in [4.78, 5) is 2.92. The molecular weight excluding hydrogens is 453 g/mol. The van der Waals surface area contributed by atoms with E-state index in [-0.39, 0.29) is 0 Å². The molecule has 0 atom stereocenters. The van der Waals surface area contributed by atoms with Crippen LogP contribution < -0.4 is 3.12 Å². The first-order chi connectivity index (χ1) is 13.3. The molecule has 3 rings (SSSR count). The molecule has 0 fully saturated rings. The SMILES string of the molecule is CCC[CH2][Sn]([CH2]CCC)([CH2]CCC)[N]1c2ccccc2Sc2ccccc21. The normalized spacial score (nSPS) is 13.4. The number of fused-ring (bicyclic) bond motifs is 2. The standard InChI is InChI=1S/C12H8NS.3C4H9.Sn/c1-3-7-11-9(5-1)13-10-6-2-4-8-12(10)14-11;3*1-3-4-2;/h1-8H;3*1,3-4H2,2H3;/q-1;;;;+1. The Bertz CT molecular complexity index is 663. The van der Waals surface area contributed by atoms with Gasteiger partial charge in [-0.05, 0) is 0 Å². The third-order valence-corrected chi connectivity index (χ3v) is 22.1. The second kappa shape index (κ2) is 10.2. The minimum atomic E-state index is -2.60. The number of nitrogens with zero attached hydrogens (tertiary/aromatic N) is 1. The van der Waals surface area contributed by atoms with Gasteiger partial charge >= 0.3 is 176 Å². The first-order valence-corrected chi connectivity index (χ1v) is 19.1. The van der Waals surface area contributed by atoms with E-state index in [2.05, 4.69) is 72.4 Å². The predicted molar refractivity (Wildman–Crippen MR) is 124 cm³/mol. The van der Waals surface area contributed by atoms with Crippen LogP contribution in [0, 0.1) is 0 Å². The van der Waals surface area contributed by atoms with Gasteiger partial charge < -0.3 is 0 Å². The molecule has 0 N–H and O–H groups in total. The molecule has 27 heavy (non-hydrogen) atoms. The van der Waals surface area contributed by atoms with Gasteiger partial charge in [0.2, 0.25) is 0 Å². The summed E-state index contributed by atoms with van der Waals surface area (Å²) < 4.78 is 7.46. The van der Waals surface area contributed by atoms with Crippen LogP contribution in [0.15, 0.2) is 58.3 Å². The van der Waals surface area contributed by atoms with Crippen LogP contribution in [0.2, 0.25) is 13.3 Å². The molecule has 0 amide bonds. The second-order valence-corrected chi connectivity index (χ2v) is 21.5. The number of benzene rings is 2. The van der Waals surface area contributed by atoms with Crippen LogP contribution >= 0.6 is 11.8 Å². The van der Waals surface area contributed by atoms with Gasteiger partial charge in [0, 0.05) is 0 Å². The average Bonchev–Trinajstić information content (AvgIpc) is 2.72. The first kappa shape index (κ1) is 21.1. The van der Waals surface area contributed by atoms with Gasteiger partial charge in [0.05, 0.1) is 0 Å². The summed E-state index contributed by atoms with van der Waals surface area (Å²) in [5.74, 6) is 0. The van der Waals surface area contributed by atoms with Crippen molar-refractivity contribution in [1.82, 2.24) is 0 Å². The summed E-state index contributed by atoms with van der Waals surface area (Å²) in [5.41, 5.74) is 3.03. The molecule has 2 aromatic rings. The van der Waals surface area contributed by atoms with Crippen LogP contribution in [-0.2, 0) is 0 Å². The molecule has 1 heterocycles. The van der Waals surface area contributed by atoms with Gasteiger partial charge in [-0.25, -0.2) is 0 Å². The predicted octanol–water partition coefficient (Wildman–Crippen LogP) is 8.64. The first-order valence-electron chi connectivity index (χ1n) is 10.9. The third kappa shape index (κ3) is 4.69. The van der Waals surface area contributed by atoms with Crippen molar-refractivity contribution in [2.24, 2.45) is 0 Å². The molecule has 1 aliphatic heterocycles. The Kier molecular flexibility index (Phi) is 8.01. The molecule has 1 aliphatic rings. The molecule has 0 spiro atoms. The zero-order chi connectivity index (χ0) is 19.1. The third-order valence-electron chi connectivity index (χ3n) is 5.89. The fourth-order valence-electron chi connectivity index (χ4n) is 4.44. The maximum absolute atomic E-state index is 2.97. The summed E-state index contributed by atoms with van der Waals surface area (Å²) in [6, 6.07) is 18.4. The van der Waals surface area contributed by atoms with Gasteiger partial charge in [0.1, 0.15) is 0 Å². The Morgan fingerprint density at radius 1 is 0.667 bits per heavy atom. The topological polar surface area (TPSA) is 3.24 Å². The van der Waals surface area contributed by atoms with Crippen molar-refractivity contribution in [2.75, 3.05) is 3.12 Å². The van der Waals surface area contributed by atoms with Crippen LogP contribution in [-0.4, -0.2) is 18.7 Å². The summed E-state index contributed by atoms with van der Waals surface area (Å²) in [6.45, 7) is 7.10. The number of unbranched alkanes of at least 4 members (excludes halogenated alkanes) is 3. The summed E-state index contributed by atoms with van der Waals surface area (Å²) in [6.07, 6.45) is 8.17. The van der Waals surface area contributed by atoms with Crippen molar-refractivity contribution in [3.63, 3.8) is 0 Å². The maximum atomic E-state index is 2.97. The quantitative estimate of drug-likeness (QED) is 0.308. The number of anilines is 2. The van der Waals surface area contributed by atoms with E-state index < -0.39 is 18.7 Å². The zero-order valence-corrected chi connectivity index (χ0v) is 21.0. The van der Waals surface area contributed by atoms with Crippen LogP contribution in [0.25, 0.3) is 0 Å². The van der Waals surface area contributed by atoms with Gasteiger partial charge in [-0.3, -0.25) is 0 Å². The number of para-hydroxylation sites is 2. The van der Waals surface area contributed by atoms with Crippen molar-refractivity contribution in [3.8, 4) is 0 Å². The minimum absolute atomic E-state index is 1.32. The van der Waals surface area contributed by atoms with Crippen LogP contribution in [0.3, 0.4) is 0 Å². The number of hydrogen-bond acceptors (Lipinski definition) is 2. The van der Waals surface area contributed by atoms with Crippen LogP contribution in [0.1, 0.15) is 59.3 Å². The number of rotatable bonds is 10. The molecule has 146 valence electrons. The van der Waals surface area contributed by atoms with Gasteiger partial charge in [0.25, 0.3) is 0 Å². The zero-order valence-electron chi connectivity index (χ0n) is 17.3. The van der Waals surface area contributed by atoms with Gasteiger partial charge in [-0.2, -0.15) is 0 Å². The summed E-state index contributed by atoms with van der Waals surface area (Å²) in [7, 11) is 0. The van der Waals surface area contributed by atoms with Crippen molar-refractivity contribution < 1.29 is 0 Å². The molecule has 0 saturated heterocycles. The molecule has 3 heteroatoms. The van der Waals surface area contributed by atoms with E-state index in [1.165, 1.54) is 73.0 Å². The molecule has 0 unspecified atom stereocenters. The molecular formula is C24H35NSSn. The van der Waals surface area contributed by atoms with Crippen molar-refractivity contribution in [1.29, 1.82) is 0 Å². The van der Waals surface area contributed by atoms with E-state index in [0.717, 1.165) is 0 Å². The van der Waals surface area contributed by atoms with Crippen molar-refractivity contribution in [3.05, 3.63) is 48.5 Å². The fourth-order valence-corrected chi connectivity index (χ4v) is 22.7. The van der Waals surface area contributed by atoms with Crippen molar-refractivity contribution >= 4 is 41.8 Å².